The molecule has 0 spiro atoms. The van der Waals surface area contributed by atoms with E-state index in [1.165, 1.54) is 17.7 Å². The maximum atomic E-state index is 12.3. The quantitative estimate of drug-likeness (QED) is 0.557. The summed E-state index contributed by atoms with van der Waals surface area (Å²) in [5.41, 5.74) is 1.02. The third-order valence-electron chi connectivity index (χ3n) is 3.76. The number of aromatic nitrogens is 2. The van der Waals surface area contributed by atoms with Crippen LogP contribution in [-0.2, 0) is 16.1 Å². The van der Waals surface area contributed by atoms with E-state index in [-0.39, 0.29) is 12.5 Å². The second-order valence-electron chi connectivity index (χ2n) is 5.51. The number of thiophene rings is 1. The zero-order valence-corrected chi connectivity index (χ0v) is 16.0. The molecule has 3 rings (SSSR count). The highest BCUT2D eigenvalue weighted by molar-refractivity contribution is 7.16. The Morgan fingerprint density at radius 1 is 1.22 bits per heavy atom. The first-order chi connectivity index (χ1) is 13.1. The molecular formula is C18H16ClN3O4S. The molecule has 140 valence electrons. The molecule has 0 bridgehead atoms. The van der Waals surface area contributed by atoms with E-state index >= 15 is 0 Å². The number of hydrogen-bond donors (Lipinski definition) is 0. The summed E-state index contributed by atoms with van der Waals surface area (Å²) in [5.74, 6) is -0.481. The number of hydrogen-bond acceptors (Lipinski definition) is 7. The van der Waals surface area contributed by atoms with Crippen LogP contribution in [0.5, 0.6) is 0 Å². The summed E-state index contributed by atoms with van der Waals surface area (Å²) in [7, 11) is 0. The van der Waals surface area contributed by atoms with Crippen molar-refractivity contribution in [1.82, 2.24) is 15.1 Å². The summed E-state index contributed by atoms with van der Waals surface area (Å²) < 4.78 is 10.9. The Bertz CT molecular complexity index is 909. The Hall–Kier alpha value is -2.71. The van der Waals surface area contributed by atoms with Crippen LogP contribution in [-0.4, -0.2) is 40.1 Å². The van der Waals surface area contributed by atoms with E-state index in [1.807, 2.05) is 13.0 Å². The molecule has 0 N–H and O–H groups in total. The van der Waals surface area contributed by atoms with Gasteiger partial charge in [-0.25, -0.2) is 4.79 Å². The first-order valence-corrected chi connectivity index (χ1v) is 9.32. The summed E-state index contributed by atoms with van der Waals surface area (Å²) in [4.78, 5) is 27.1. The lowest BCUT2D eigenvalue weighted by molar-refractivity contribution is -0.134. The average molecular weight is 406 g/mol. The van der Waals surface area contributed by atoms with Gasteiger partial charge in [0.15, 0.2) is 6.61 Å². The lowest BCUT2D eigenvalue weighted by Crippen LogP contribution is -2.33. The van der Waals surface area contributed by atoms with Crippen LogP contribution in [0.3, 0.4) is 0 Å². The standard InChI is InChI=1S/C18H16ClN3O4S/c1-2-22(9-14-7-8-15(19)27-14)16(23)10-25-18(24)13-5-3-12(4-6-13)17-21-20-11-26-17/h3-8,11H,2,9-10H2,1H3. The molecule has 0 aliphatic heterocycles. The summed E-state index contributed by atoms with van der Waals surface area (Å²) >= 11 is 7.33. The van der Waals surface area contributed by atoms with Crippen LogP contribution in [0.1, 0.15) is 22.2 Å². The molecule has 0 radical (unpaired) electrons. The van der Waals surface area contributed by atoms with Gasteiger partial charge >= 0.3 is 5.97 Å². The van der Waals surface area contributed by atoms with Crippen molar-refractivity contribution in [3.63, 3.8) is 0 Å². The maximum absolute atomic E-state index is 12.3. The number of esters is 1. The summed E-state index contributed by atoms with van der Waals surface area (Å²) in [5, 5.41) is 7.40. The van der Waals surface area contributed by atoms with Gasteiger partial charge in [0, 0.05) is 17.0 Å². The molecule has 3 aromatic rings. The average Bonchev–Trinajstić information content (AvgIpc) is 3.36. The Morgan fingerprint density at radius 2 is 2.00 bits per heavy atom. The van der Waals surface area contributed by atoms with Crippen LogP contribution in [0.25, 0.3) is 11.5 Å². The van der Waals surface area contributed by atoms with Crippen LogP contribution >= 0.6 is 22.9 Å². The van der Waals surface area contributed by atoms with Gasteiger partial charge in [0.25, 0.3) is 5.91 Å². The maximum Gasteiger partial charge on any atom is 0.338 e. The Kier molecular flexibility index (Phi) is 6.20. The number of nitrogens with zero attached hydrogens (tertiary/aromatic N) is 3. The predicted molar refractivity (Wildman–Crippen MR) is 100 cm³/mol. The highest BCUT2D eigenvalue weighted by atomic mass is 35.5. The normalized spacial score (nSPS) is 10.6. The molecule has 2 heterocycles. The van der Waals surface area contributed by atoms with Crippen LogP contribution < -0.4 is 0 Å². The highest BCUT2D eigenvalue weighted by Crippen LogP contribution is 2.22. The number of halogens is 1. The largest absolute Gasteiger partial charge is 0.452 e. The molecule has 1 aromatic carbocycles. The molecule has 0 atom stereocenters. The molecule has 0 saturated carbocycles. The van der Waals surface area contributed by atoms with Crippen molar-refractivity contribution in [3.8, 4) is 11.5 Å². The van der Waals surface area contributed by atoms with Crippen molar-refractivity contribution in [3.05, 3.63) is 57.6 Å². The number of amides is 1. The van der Waals surface area contributed by atoms with Gasteiger partial charge in [-0.2, -0.15) is 0 Å². The molecule has 27 heavy (non-hydrogen) atoms. The summed E-state index contributed by atoms with van der Waals surface area (Å²) in [6.07, 6.45) is 1.23. The van der Waals surface area contributed by atoms with E-state index in [2.05, 4.69) is 10.2 Å². The Morgan fingerprint density at radius 3 is 2.59 bits per heavy atom. The van der Waals surface area contributed by atoms with Crippen molar-refractivity contribution < 1.29 is 18.7 Å². The van der Waals surface area contributed by atoms with Gasteiger partial charge in [-0.05, 0) is 43.3 Å². The molecule has 1 amide bonds. The van der Waals surface area contributed by atoms with Crippen molar-refractivity contribution >= 4 is 34.8 Å². The van der Waals surface area contributed by atoms with Gasteiger partial charge in [0.2, 0.25) is 12.3 Å². The van der Waals surface area contributed by atoms with Crippen molar-refractivity contribution in [2.45, 2.75) is 13.5 Å². The lowest BCUT2D eigenvalue weighted by atomic mass is 10.1. The van der Waals surface area contributed by atoms with Crippen LogP contribution in [0.4, 0.5) is 0 Å². The zero-order chi connectivity index (χ0) is 19.2. The Balaban J connectivity index is 1.55. The molecule has 2 aromatic heterocycles. The lowest BCUT2D eigenvalue weighted by Gasteiger charge is -2.19. The van der Waals surface area contributed by atoms with E-state index in [1.54, 1.807) is 35.2 Å². The molecule has 7 nitrogen and oxygen atoms in total. The Labute approximate surface area is 164 Å². The molecule has 0 unspecified atom stereocenters. The predicted octanol–water partition coefficient (Wildman–Crippen LogP) is 3.66. The number of rotatable bonds is 7. The van der Waals surface area contributed by atoms with Crippen molar-refractivity contribution in [2.24, 2.45) is 0 Å². The molecule has 9 heteroatoms. The van der Waals surface area contributed by atoms with E-state index in [0.717, 1.165) is 4.88 Å². The van der Waals surface area contributed by atoms with E-state index in [0.29, 0.717) is 34.4 Å². The SMILES string of the molecule is CCN(Cc1ccc(Cl)s1)C(=O)COC(=O)c1ccc(-c2nnco2)cc1. The number of benzene rings is 1. The molecule has 0 aliphatic rings. The van der Waals surface area contributed by atoms with E-state index in [4.69, 9.17) is 20.8 Å². The monoisotopic (exact) mass is 405 g/mol. The number of ether oxygens (including phenoxy) is 1. The van der Waals surface area contributed by atoms with Gasteiger partial charge in [-0.1, -0.05) is 11.6 Å². The third kappa shape index (κ3) is 4.93. The molecular weight excluding hydrogens is 390 g/mol. The number of carbonyl (C=O) groups excluding carboxylic acids is 2. The minimum Gasteiger partial charge on any atom is -0.452 e. The molecule has 0 fully saturated rings. The van der Waals surface area contributed by atoms with Crippen molar-refractivity contribution in [1.29, 1.82) is 0 Å². The fourth-order valence-corrected chi connectivity index (χ4v) is 3.45. The summed E-state index contributed by atoms with van der Waals surface area (Å²) in [6, 6.07) is 10.2. The fraction of sp³-hybridized carbons (Fsp3) is 0.222. The van der Waals surface area contributed by atoms with Crippen LogP contribution in [0, 0.1) is 0 Å². The number of likely N-dealkylation sites (N-methyl/N-ethyl adjacent to an activating group) is 1. The van der Waals surface area contributed by atoms with E-state index < -0.39 is 5.97 Å². The van der Waals surface area contributed by atoms with Crippen LogP contribution in [0.15, 0.2) is 47.2 Å². The highest BCUT2D eigenvalue weighted by Gasteiger charge is 2.17. The van der Waals surface area contributed by atoms with Gasteiger partial charge in [-0.15, -0.1) is 21.5 Å². The van der Waals surface area contributed by atoms with Gasteiger partial charge in [-0.3, -0.25) is 4.79 Å². The fourth-order valence-electron chi connectivity index (χ4n) is 2.35. The van der Waals surface area contributed by atoms with Gasteiger partial charge in [0.05, 0.1) is 16.4 Å². The smallest absolute Gasteiger partial charge is 0.338 e. The third-order valence-corrected chi connectivity index (χ3v) is 4.98. The minimum atomic E-state index is -0.573. The second kappa shape index (κ2) is 8.79. The first-order valence-electron chi connectivity index (χ1n) is 8.12. The molecule has 0 aliphatic carbocycles. The minimum absolute atomic E-state index is 0.266. The second-order valence-corrected chi connectivity index (χ2v) is 7.31. The summed E-state index contributed by atoms with van der Waals surface area (Å²) in [6.45, 7) is 2.48. The molecule has 0 saturated heterocycles. The number of carbonyl (C=O) groups is 2. The topological polar surface area (TPSA) is 85.5 Å². The van der Waals surface area contributed by atoms with Gasteiger partial charge in [0.1, 0.15) is 0 Å². The van der Waals surface area contributed by atoms with Crippen molar-refractivity contribution in [2.75, 3.05) is 13.2 Å². The van der Waals surface area contributed by atoms with Gasteiger partial charge < -0.3 is 14.1 Å². The zero-order valence-electron chi connectivity index (χ0n) is 14.4. The van der Waals surface area contributed by atoms with E-state index in [9.17, 15) is 9.59 Å². The first kappa shape index (κ1) is 19.1. The van der Waals surface area contributed by atoms with Crippen LogP contribution in [0.2, 0.25) is 4.34 Å².